The zero-order valence-corrected chi connectivity index (χ0v) is 28.3. The molecule has 1 N–H and O–H groups in total. The summed E-state index contributed by atoms with van der Waals surface area (Å²) < 4.78 is 46.1. The van der Waals surface area contributed by atoms with Gasteiger partial charge in [0, 0.05) is 32.4 Å². The molecule has 0 bridgehead atoms. The third-order valence-corrected chi connectivity index (χ3v) is 8.56. The molecule has 0 unspecified atom stereocenters. The van der Waals surface area contributed by atoms with E-state index in [9.17, 15) is 18.0 Å². The van der Waals surface area contributed by atoms with Gasteiger partial charge in [-0.3, -0.25) is 4.72 Å². The Hall–Kier alpha value is -5.03. The number of carbonyl (C=O) groups is 2. The van der Waals surface area contributed by atoms with Crippen LogP contribution >= 0.6 is 0 Å². The minimum absolute atomic E-state index is 0.0634. The number of sulfonamides is 1. The molecule has 0 heterocycles. The molecular formula is C36H41N3O7S. The first-order valence-electron chi connectivity index (χ1n) is 15.0. The van der Waals surface area contributed by atoms with Crippen LogP contribution < -0.4 is 14.4 Å². The number of anilines is 2. The second kappa shape index (κ2) is 15.0. The van der Waals surface area contributed by atoms with Crippen LogP contribution in [0.25, 0.3) is 11.1 Å². The van der Waals surface area contributed by atoms with Gasteiger partial charge in [0.2, 0.25) is 0 Å². The van der Waals surface area contributed by atoms with Crippen molar-refractivity contribution >= 4 is 33.5 Å². The largest absolute Gasteiger partial charge is 0.495 e. The third-order valence-electron chi connectivity index (χ3n) is 7.16. The quantitative estimate of drug-likeness (QED) is 0.165. The number of hydrogen-bond donors (Lipinski definition) is 1. The number of nitrogens with one attached hydrogen (secondary N) is 1. The molecule has 0 fully saturated rings. The molecule has 0 saturated heterocycles. The lowest BCUT2D eigenvalue weighted by atomic mass is 10.0. The summed E-state index contributed by atoms with van der Waals surface area (Å²) in [5.41, 5.74) is 3.10. The molecule has 0 aliphatic heterocycles. The normalized spacial score (nSPS) is 11.4. The molecule has 0 radical (unpaired) electrons. The molecule has 0 aliphatic rings. The van der Waals surface area contributed by atoms with Gasteiger partial charge >= 0.3 is 12.1 Å². The van der Waals surface area contributed by atoms with Crippen molar-refractivity contribution in [3.05, 3.63) is 108 Å². The maximum atomic E-state index is 13.8. The minimum Gasteiger partial charge on any atom is -0.495 e. The summed E-state index contributed by atoms with van der Waals surface area (Å²) >= 11 is 0. The van der Waals surface area contributed by atoms with E-state index in [2.05, 4.69) is 9.62 Å². The van der Waals surface area contributed by atoms with Crippen molar-refractivity contribution in [3.8, 4) is 16.9 Å². The van der Waals surface area contributed by atoms with Crippen LogP contribution in [0.3, 0.4) is 0 Å². The number of hydrogen-bond acceptors (Lipinski definition) is 8. The fraction of sp³-hybridized carbons (Fsp3) is 0.278. The fourth-order valence-electron chi connectivity index (χ4n) is 4.79. The van der Waals surface area contributed by atoms with Crippen LogP contribution in [0.5, 0.6) is 5.75 Å². The molecule has 0 saturated carbocycles. The second-order valence-corrected chi connectivity index (χ2v) is 13.6. The predicted octanol–water partition coefficient (Wildman–Crippen LogP) is 6.82. The summed E-state index contributed by atoms with van der Waals surface area (Å²) in [5.74, 6) is -0.329. The Morgan fingerprint density at radius 1 is 0.809 bits per heavy atom. The van der Waals surface area contributed by atoms with E-state index in [0.717, 1.165) is 11.3 Å². The van der Waals surface area contributed by atoms with Gasteiger partial charge in [0.25, 0.3) is 10.0 Å². The van der Waals surface area contributed by atoms with E-state index >= 15 is 0 Å². The van der Waals surface area contributed by atoms with Crippen LogP contribution in [-0.4, -0.2) is 65.3 Å². The summed E-state index contributed by atoms with van der Waals surface area (Å²) in [5, 5.41) is 0. The molecule has 11 heteroatoms. The monoisotopic (exact) mass is 659 g/mol. The van der Waals surface area contributed by atoms with Gasteiger partial charge in [0.15, 0.2) is 0 Å². The van der Waals surface area contributed by atoms with E-state index in [0.29, 0.717) is 42.0 Å². The lowest BCUT2D eigenvalue weighted by Crippen LogP contribution is -2.39. The van der Waals surface area contributed by atoms with Crippen molar-refractivity contribution in [1.82, 2.24) is 4.90 Å². The van der Waals surface area contributed by atoms with Crippen molar-refractivity contribution in [2.75, 3.05) is 44.0 Å². The van der Waals surface area contributed by atoms with E-state index in [1.807, 2.05) is 57.2 Å². The smallest absolute Gasteiger partial charge is 0.410 e. The maximum absolute atomic E-state index is 13.8. The molecule has 0 aliphatic carbocycles. The second-order valence-electron chi connectivity index (χ2n) is 11.9. The van der Waals surface area contributed by atoms with E-state index in [4.69, 9.17) is 14.2 Å². The molecule has 0 atom stereocenters. The highest BCUT2D eigenvalue weighted by atomic mass is 32.2. The lowest BCUT2D eigenvalue weighted by Gasteiger charge is -2.29. The van der Waals surface area contributed by atoms with E-state index in [1.54, 1.807) is 61.6 Å². The number of likely N-dealkylation sites (N-methyl/N-ethyl adjacent to an activating group) is 1. The summed E-state index contributed by atoms with van der Waals surface area (Å²) in [4.78, 5) is 28.2. The van der Waals surface area contributed by atoms with Gasteiger partial charge in [-0.15, -0.1) is 0 Å². The number of amides is 1. The van der Waals surface area contributed by atoms with Gasteiger partial charge < -0.3 is 24.0 Å². The van der Waals surface area contributed by atoms with Gasteiger partial charge in [-0.05, 0) is 79.9 Å². The first-order chi connectivity index (χ1) is 22.3. The van der Waals surface area contributed by atoms with Crippen molar-refractivity contribution in [2.24, 2.45) is 0 Å². The van der Waals surface area contributed by atoms with Crippen LogP contribution in [-0.2, 0) is 26.0 Å². The number of rotatable bonds is 12. The van der Waals surface area contributed by atoms with E-state index in [1.165, 1.54) is 25.2 Å². The summed E-state index contributed by atoms with van der Waals surface area (Å²) in [6.07, 6.45) is -0.424. The number of methoxy groups -OCH3 is 2. The van der Waals surface area contributed by atoms with Gasteiger partial charge in [0.05, 0.1) is 25.5 Å². The Morgan fingerprint density at radius 2 is 1.51 bits per heavy atom. The topological polar surface area (TPSA) is 114 Å². The molecular weight excluding hydrogens is 618 g/mol. The van der Waals surface area contributed by atoms with Crippen molar-refractivity contribution in [2.45, 2.75) is 37.8 Å². The molecule has 4 aromatic rings. The highest BCUT2D eigenvalue weighted by molar-refractivity contribution is 7.92. The third kappa shape index (κ3) is 9.49. The Morgan fingerprint density at radius 3 is 2.19 bits per heavy atom. The van der Waals surface area contributed by atoms with Crippen LogP contribution in [0, 0.1) is 0 Å². The zero-order valence-electron chi connectivity index (χ0n) is 27.5. The van der Waals surface area contributed by atoms with Gasteiger partial charge in [-0.2, -0.15) is 0 Å². The summed E-state index contributed by atoms with van der Waals surface area (Å²) in [7, 11) is 0.267. The standard InChI is InChI=1S/C36H41N3O7S/c1-36(2,3)46-35(41)38(4)20-21-39(25-26-12-8-7-9-13-26)31-17-11-16-30(24-31)37-47(42,43)33-23-28(18-19-32(33)44-5)27-14-10-15-29(22-27)34(40)45-6/h7-19,22-24,37H,20-21,25H2,1-6H3. The predicted molar refractivity (Wildman–Crippen MR) is 183 cm³/mol. The van der Waals surface area contributed by atoms with Crippen LogP contribution in [0.2, 0.25) is 0 Å². The number of ether oxygens (including phenoxy) is 3. The van der Waals surface area contributed by atoms with Crippen LogP contribution in [0.15, 0.2) is 102 Å². The number of nitrogens with zero attached hydrogens (tertiary/aromatic N) is 2. The minimum atomic E-state index is -4.13. The molecule has 4 aromatic carbocycles. The lowest BCUT2D eigenvalue weighted by molar-refractivity contribution is 0.0303. The van der Waals surface area contributed by atoms with Gasteiger partial charge in [0.1, 0.15) is 16.2 Å². The average Bonchev–Trinajstić information content (AvgIpc) is 3.05. The SMILES string of the molecule is COC(=O)c1cccc(-c2ccc(OC)c(S(=O)(=O)Nc3cccc(N(CCN(C)C(=O)OC(C)(C)C)Cc4ccccc4)c3)c2)c1. The van der Waals surface area contributed by atoms with Gasteiger partial charge in [-0.1, -0.05) is 54.6 Å². The molecule has 0 aromatic heterocycles. The van der Waals surface area contributed by atoms with E-state index in [-0.39, 0.29) is 10.6 Å². The molecule has 47 heavy (non-hydrogen) atoms. The van der Waals surface area contributed by atoms with Crippen molar-refractivity contribution < 1.29 is 32.2 Å². The highest BCUT2D eigenvalue weighted by Gasteiger charge is 2.23. The zero-order chi connectivity index (χ0) is 34.2. The Kier molecular flexibility index (Phi) is 11.1. The van der Waals surface area contributed by atoms with Gasteiger partial charge in [-0.25, -0.2) is 18.0 Å². The first kappa shape index (κ1) is 34.8. The van der Waals surface area contributed by atoms with Crippen molar-refractivity contribution in [1.29, 1.82) is 0 Å². The molecule has 1 amide bonds. The summed E-state index contributed by atoms with van der Waals surface area (Å²) in [6.45, 7) is 6.82. The number of esters is 1. The molecule has 10 nitrogen and oxygen atoms in total. The van der Waals surface area contributed by atoms with E-state index < -0.39 is 27.7 Å². The molecule has 248 valence electrons. The number of carbonyl (C=O) groups excluding carboxylic acids is 2. The molecule has 0 spiro atoms. The average molecular weight is 660 g/mol. The van der Waals surface area contributed by atoms with Crippen LogP contribution in [0.1, 0.15) is 36.7 Å². The van der Waals surface area contributed by atoms with Crippen molar-refractivity contribution in [3.63, 3.8) is 0 Å². The molecule has 4 rings (SSSR count). The Bertz CT molecular complexity index is 1810. The Balaban J connectivity index is 1.62. The maximum Gasteiger partial charge on any atom is 0.410 e. The van der Waals surface area contributed by atoms with Crippen LogP contribution in [0.4, 0.5) is 16.2 Å². The number of benzene rings is 4. The summed E-state index contributed by atoms with van der Waals surface area (Å²) in [6, 6.07) is 28.5. The highest BCUT2D eigenvalue weighted by Crippen LogP contribution is 2.32. The Labute approximate surface area is 276 Å². The fourth-order valence-corrected chi connectivity index (χ4v) is 6.04. The first-order valence-corrected chi connectivity index (χ1v) is 16.5.